The topological polar surface area (TPSA) is 38.1 Å². The molecule has 0 aromatic carbocycles. The molecule has 3 heterocycles. The molecule has 2 aromatic heterocycles. The van der Waals surface area contributed by atoms with Crippen molar-refractivity contribution >= 4 is 21.6 Å². The summed E-state index contributed by atoms with van der Waals surface area (Å²) in [6.07, 6.45) is 7.07. The van der Waals surface area contributed by atoms with Crippen LogP contribution in [-0.2, 0) is 25.9 Å². The van der Waals surface area contributed by atoms with Gasteiger partial charge in [-0.05, 0) is 64.1 Å². The average molecular weight is 343 g/mol. The van der Waals surface area contributed by atoms with E-state index in [-0.39, 0.29) is 5.56 Å². The molecular formula is C19H25N3OS. The monoisotopic (exact) mass is 343 g/mol. The minimum atomic E-state index is 0.150. The minimum Gasteiger partial charge on any atom is -0.296 e. The second kappa shape index (κ2) is 6.45. The van der Waals surface area contributed by atoms with E-state index in [1.807, 2.05) is 11.5 Å². The van der Waals surface area contributed by atoms with Gasteiger partial charge in [0.2, 0.25) is 0 Å². The van der Waals surface area contributed by atoms with Crippen molar-refractivity contribution in [3.05, 3.63) is 38.8 Å². The highest BCUT2D eigenvalue weighted by Gasteiger charge is 2.23. The van der Waals surface area contributed by atoms with Crippen molar-refractivity contribution in [1.29, 1.82) is 0 Å². The quantitative estimate of drug-likeness (QED) is 0.798. The SMILES string of the molecule is C=C(C)Cn1c(CN2CCCC2)nc2sc3c(c2c1=O)CCCC3. The third-order valence-electron chi connectivity index (χ3n) is 5.15. The molecule has 1 aliphatic carbocycles. The Morgan fingerprint density at radius 2 is 1.96 bits per heavy atom. The summed E-state index contributed by atoms with van der Waals surface area (Å²) in [5.74, 6) is 0.913. The molecule has 1 fully saturated rings. The molecule has 4 nitrogen and oxygen atoms in total. The Morgan fingerprint density at radius 3 is 2.71 bits per heavy atom. The molecule has 1 saturated heterocycles. The molecule has 2 aromatic rings. The summed E-state index contributed by atoms with van der Waals surface area (Å²) in [5, 5.41) is 0.890. The predicted octanol–water partition coefficient (Wildman–Crippen LogP) is 3.51. The van der Waals surface area contributed by atoms with Crippen molar-refractivity contribution in [1.82, 2.24) is 14.5 Å². The van der Waals surface area contributed by atoms with Crippen LogP contribution in [-0.4, -0.2) is 27.5 Å². The minimum absolute atomic E-state index is 0.150. The number of hydrogen-bond donors (Lipinski definition) is 0. The second-order valence-corrected chi connectivity index (χ2v) is 8.33. The second-order valence-electron chi connectivity index (χ2n) is 7.25. The van der Waals surface area contributed by atoms with Crippen LogP contribution in [0.3, 0.4) is 0 Å². The first-order chi connectivity index (χ1) is 11.6. The fourth-order valence-corrected chi connectivity index (χ4v) is 5.25. The van der Waals surface area contributed by atoms with Gasteiger partial charge in [0.1, 0.15) is 10.7 Å². The van der Waals surface area contributed by atoms with E-state index in [9.17, 15) is 4.79 Å². The molecular weight excluding hydrogens is 318 g/mol. The van der Waals surface area contributed by atoms with Crippen LogP contribution in [0.15, 0.2) is 16.9 Å². The molecule has 0 N–H and O–H groups in total. The molecule has 4 rings (SSSR count). The first-order valence-electron chi connectivity index (χ1n) is 9.04. The Hall–Kier alpha value is -1.46. The van der Waals surface area contributed by atoms with Gasteiger partial charge in [0, 0.05) is 11.4 Å². The zero-order chi connectivity index (χ0) is 16.7. The van der Waals surface area contributed by atoms with E-state index in [1.165, 1.54) is 36.1 Å². The number of fused-ring (bicyclic) bond motifs is 3. The lowest BCUT2D eigenvalue weighted by atomic mass is 9.97. The van der Waals surface area contributed by atoms with Gasteiger partial charge in [-0.2, -0.15) is 0 Å². The predicted molar refractivity (Wildman–Crippen MR) is 99.8 cm³/mol. The van der Waals surface area contributed by atoms with E-state index >= 15 is 0 Å². The standard InChI is InChI=1S/C19H25N3OS/c1-13(2)11-22-16(12-21-9-5-6-10-21)20-18-17(19(22)23)14-7-3-4-8-15(14)24-18/h1,3-12H2,2H3. The first kappa shape index (κ1) is 16.0. The molecule has 0 unspecified atom stereocenters. The van der Waals surface area contributed by atoms with Crippen molar-refractivity contribution in [2.75, 3.05) is 13.1 Å². The number of aryl methyl sites for hydroxylation is 2. The van der Waals surface area contributed by atoms with Crippen LogP contribution in [0.2, 0.25) is 0 Å². The van der Waals surface area contributed by atoms with Crippen LogP contribution in [0.5, 0.6) is 0 Å². The summed E-state index contributed by atoms with van der Waals surface area (Å²) >= 11 is 1.75. The maximum atomic E-state index is 13.3. The Morgan fingerprint density at radius 1 is 1.21 bits per heavy atom. The Labute approximate surface area is 146 Å². The molecule has 0 spiro atoms. The highest BCUT2D eigenvalue weighted by Crippen LogP contribution is 2.34. The molecule has 24 heavy (non-hydrogen) atoms. The maximum absolute atomic E-state index is 13.3. The fourth-order valence-electron chi connectivity index (χ4n) is 3.97. The molecule has 0 bridgehead atoms. The van der Waals surface area contributed by atoms with Gasteiger partial charge in [0.25, 0.3) is 5.56 Å². The smallest absolute Gasteiger partial charge is 0.262 e. The number of thiophene rings is 1. The van der Waals surface area contributed by atoms with E-state index in [2.05, 4.69) is 11.5 Å². The highest BCUT2D eigenvalue weighted by atomic mass is 32.1. The molecule has 0 amide bonds. The number of nitrogens with zero attached hydrogens (tertiary/aromatic N) is 3. The molecule has 5 heteroatoms. The van der Waals surface area contributed by atoms with E-state index in [0.29, 0.717) is 6.54 Å². The van der Waals surface area contributed by atoms with E-state index in [4.69, 9.17) is 4.98 Å². The maximum Gasteiger partial charge on any atom is 0.262 e. The highest BCUT2D eigenvalue weighted by molar-refractivity contribution is 7.18. The average Bonchev–Trinajstić information content (AvgIpc) is 3.17. The van der Waals surface area contributed by atoms with Gasteiger partial charge in [-0.3, -0.25) is 14.3 Å². The largest absolute Gasteiger partial charge is 0.296 e. The Balaban J connectivity index is 1.86. The van der Waals surface area contributed by atoms with Crippen LogP contribution >= 0.6 is 11.3 Å². The molecule has 0 radical (unpaired) electrons. The molecule has 2 aliphatic rings. The lowest BCUT2D eigenvalue weighted by Gasteiger charge is -2.18. The van der Waals surface area contributed by atoms with E-state index < -0.39 is 0 Å². The van der Waals surface area contributed by atoms with Crippen LogP contribution in [0, 0.1) is 0 Å². The van der Waals surface area contributed by atoms with Gasteiger partial charge < -0.3 is 0 Å². The lowest BCUT2D eigenvalue weighted by Crippen LogP contribution is -2.30. The van der Waals surface area contributed by atoms with Gasteiger partial charge in [-0.25, -0.2) is 4.98 Å². The summed E-state index contributed by atoms with van der Waals surface area (Å²) in [4.78, 5) is 23.0. The van der Waals surface area contributed by atoms with Gasteiger partial charge in [-0.1, -0.05) is 12.2 Å². The van der Waals surface area contributed by atoms with Gasteiger partial charge in [0.05, 0.1) is 11.9 Å². The zero-order valence-electron chi connectivity index (χ0n) is 14.4. The summed E-state index contributed by atoms with van der Waals surface area (Å²) in [7, 11) is 0. The third-order valence-corrected chi connectivity index (χ3v) is 6.33. The number of rotatable bonds is 4. The Bertz CT molecular complexity index is 842. The van der Waals surface area contributed by atoms with Crippen molar-refractivity contribution in [3.8, 4) is 0 Å². The fraction of sp³-hybridized carbons (Fsp3) is 0.579. The van der Waals surface area contributed by atoms with Gasteiger partial charge in [0.15, 0.2) is 0 Å². The summed E-state index contributed by atoms with van der Waals surface area (Å²) in [6, 6.07) is 0. The number of hydrogen-bond acceptors (Lipinski definition) is 4. The van der Waals surface area contributed by atoms with Crippen LogP contribution < -0.4 is 5.56 Å². The molecule has 1 aliphatic heterocycles. The zero-order valence-corrected chi connectivity index (χ0v) is 15.3. The van der Waals surface area contributed by atoms with Crippen LogP contribution in [0.4, 0.5) is 0 Å². The lowest BCUT2D eigenvalue weighted by molar-refractivity contribution is 0.315. The number of likely N-dealkylation sites (tertiary alicyclic amines) is 1. The first-order valence-corrected chi connectivity index (χ1v) is 9.86. The summed E-state index contributed by atoms with van der Waals surface area (Å²) in [6.45, 7) is 9.59. The Kier molecular flexibility index (Phi) is 4.31. The van der Waals surface area contributed by atoms with Gasteiger partial charge >= 0.3 is 0 Å². The number of aromatic nitrogens is 2. The summed E-state index contributed by atoms with van der Waals surface area (Å²) < 4.78 is 1.88. The van der Waals surface area contributed by atoms with Gasteiger partial charge in [-0.15, -0.1) is 11.3 Å². The van der Waals surface area contributed by atoms with Crippen molar-refractivity contribution in [3.63, 3.8) is 0 Å². The molecule has 0 atom stereocenters. The molecule has 0 saturated carbocycles. The molecule has 128 valence electrons. The summed E-state index contributed by atoms with van der Waals surface area (Å²) in [5.41, 5.74) is 2.43. The normalized spacial score (nSPS) is 18.2. The van der Waals surface area contributed by atoms with Crippen LogP contribution in [0.1, 0.15) is 48.9 Å². The number of allylic oxidation sites excluding steroid dienone is 1. The van der Waals surface area contributed by atoms with Crippen molar-refractivity contribution < 1.29 is 0 Å². The van der Waals surface area contributed by atoms with Crippen LogP contribution in [0.25, 0.3) is 10.2 Å². The van der Waals surface area contributed by atoms with E-state index in [0.717, 1.165) is 54.1 Å². The third kappa shape index (κ3) is 2.84. The van der Waals surface area contributed by atoms with Crippen molar-refractivity contribution in [2.24, 2.45) is 0 Å². The van der Waals surface area contributed by atoms with Crippen molar-refractivity contribution in [2.45, 2.75) is 58.5 Å². The van der Waals surface area contributed by atoms with E-state index in [1.54, 1.807) is 11.3 Å².